The van der Waals surface area contributed by atoms with Gasteiger partial charge in [-0.1, -0.05) is 18.2 Å². The standard InChI is InChI=1S/C21H22FN5/c1-15-2-7-20(24-12-15)27-11-9-19-18(13-27)21(26-14-25-19)23-10-8-16-3-5-17(22)6-4-16/h2-7,12,14H,8-11,13H2,1H3,(H,23,25,26). The second-order valence-electron chi connectivity index (χ2n) is 6.82. The fourth-order valence-electron chi connectivity index (χ4n) is 3.31. The van der Waals surface area contributed by atoms with E-state index in [0.717, 1.165) is 66.5 Å². The molecule has 0 fully saturated rings. The fraction of sp³-hybridized carbons (Fsp3) is 0.286. The summed E-state index contributed by atoms with van der Waals surface area (Å²) in [5.41, 5.74) is 4.47. The van der Waals surface area contributed by atoms with Crippen molar-refractivity contribution in [3.63, 3.8) is 0 Å². The number of aryl methyl sites for hydroxylation is 1. The lowest BCUT2D eigenvalue weighted by Crippen LogP contribution is -2.32. The van der Waals surface area contributed by atoms with Gasteiger partial charge in [-0.3, -0.25) is 0 Å². The van der Waals surface area contributed by atoms with Crippen molar-refractivity contribution in [2.24, 2.45) is 0 Å². The Bertz CT molecular complexity index is 909. The van der Waals surface area contributed by atoms with Gasteiger partial charge in [-0.05, 0) is 42.7 Å². The molecule has 0 unspecified atom stereocenters. The maximum atomic E-state index is 13.0. The second kappa shape index (κ2) is 7.70. The maximum Gasteiger partial charge on any atom is 0.134 e. The summed E-state index contributed by atoms with van der Waals surface area (Å²) in [6.07, 6.45) is 5.20. The molecule has 1 aliphatic rings. The van der Waals surface area contributed by atoms with Crippen molar-refractivity contribution in [3.8, 4) is 0 Å². The molecule has 0 spiro atoms. The van der Waals surface area contributed by atoms with Crippen molar-refractivity contribution in [3.05, 3.63) is 77.1 Å². The number of aromatic nitrogens is 3. The highest BCUT2D eigenvalue weighted by Gasteiger charge is 2.21. The Hall–Kier alpha value is -3.02. The summed E-state index contributed by atoms with van der Waals surface area (Å²) in [6.45, 7) is 4.41. The van der Waals surface area contributed by atoms with Crippen molar-refractivity contribution in [1.82, 2.24) is 15.0 Å². The number of hydrogen-bond acceptors (Lipinski definition) is 5. The summed E-state index contributed by atoms with van der Waals surface area (Å²) >= 11 is 0. The third-order valence-corrected chi connectivity index (χ3v) is 4.84. The van der Waals surface area contributed by atoms with Crippen LogP contribution in [0.25, 0.3) is 0 Å². The van der Waals surface area contributed by atoms with E-state index in [0.29, 0.717) is 0 Å². The predicted octanol–water partition coefficient (Wildman–Crippen LogP) is 3.54. The van der Waals surface area contributed by atoms with Gasteiger partial charge >= 0.3 is 0 Å². The topological polar surface area (TPSA) is 53.9 Å². The molecule has 3 aromatic rings. The SMILES string of the molecule is Cc1ccc(N2CCc3ncnc(NCCc4ccc(F)cc4)c3C2)nc1. The maximum absolute atomic E-state index is 13.0. The first kappa shape index (κ1) is 17.4. The van der Waals surface area contributed by atoms with E-state index in [1.165, 1.54) is 12.1 Å². The first-order valence-electron chi connectivity index (χ1n) is 9.18. The van der Waals surface area contributed by atoms with Crippen LogP contribution in [0.15, 0.2) is 48.9 Å². The van der Waals surface area contributed by atoms with Crippen LogP contribution in [0.2, 0.25) is 0 Å². The number of anilines is 2. The Kier molecular flexibility index (Phi) is 4.96. The zero-order chi connectivity index (χ0) is 18.6. The van der Waals surface area contributed by atoms with Gasteiger partial charge in [-0.15, -0.1) is 0 Å². The minimum Gasteiger partial charge on any atom is -0.369 e. The van der Waals surface area contributed by atoms with Crippen LogP contribution in [0.3, 0.4) is 0 Å². The van der Waals surface area contributed by atoms with Gasteiger partial charge in [-0.25, -0.2) is 19.3 Å². The monoisotopic (exact) mass is 363 g/mol. The minimum atomic E-state index is -0.207. The number of benzene rings is 1. The van der Waals surface area contributed by atoms with Gasteiger partial charge in [0.25, 0.3) is 0 Å². The third-order valence-electron chi connectivity index (χ3n) is 4.84. The molecule has 0 atom stereocenters. The van der Waals surface area contributed by atoms with E-state index in [2.05, 4.69) is 37.3 Å². The number of fused-ring (bicyclic) bond motifs is 1. The molecule has 4 rings (SSSR count). The third kappa shape index (κ3) is 4.05. The summed E-state index contributed by atoms with van der Waals surface area (Å²) < 4.78 is 13.0. The van der Waals surface area contributed by atoms with Crippen LogP contribution >= 0.6 is 0 Å². The summed E-state index contributed by atoms with van der Waals surface area (Å²) in [5, 5.41) is 3.43. The number of nitrogens with one attached hydrogen (secondary N) is 1. The highest BCUT2D eigenvalue weighted by atomic mass is 19.1. The quantitative estimate of drug-likeness (QED) is 0.751. The summed E-state index contributed by atoms with van der Waals surface area (Å²) in [7, 11) is 0. The molecule has 0 bridgehead atoms. The molecule has 5 nitrogen and oxygen atoms in total. The van der Waals surface area contributed by atoms with Crippen molar-refractivity contribution in [2.75, 3.05) is 23.3 Å². The van der Waals surface area contributed by atoms with Gasteiger partial charge in [0.15, 0.2) is 0 Å². The van der Waals surface area contributed by atoms with E-state index in [1.54, 1.807) is 6.33 Å². The Balaban J connectivity index is 1.46. The molecule has 3 heterocycles. The zero-order valence-electron chi connectivity index (χ0n) is 15.3. The van der Waals surface area contributed by atoms with E-state index in [1.807, 2.05) is 25.3 Å². The number of nitrogens with zero attached hydrogens (tertiary/aromatic N) is 4. The molecule has 0 saturated carbocycles. The molecule has 2 aromatic heterocycles. The van der Waals surface area contributed by atoms with Crippen molar-refractivity contribution < 1.29 is 4.39 Å². The van der Waals surface area contributed by atoms with Crippen LogP contribution in [0.5, 0.6) is 0 Å². The summed E-state index contributed by atoms with van der Waals surface area (Å²) in [5.74, 6) is 1.65. The molecule has 6 heteroatoms. The fourth-order valence-corrected chi connectivity index (χ4v) is 3.31. The highest BCUT2D eigenvalue weighted by Crippen LogP contribution is 2.26. The Labute approximate surface area is 158 Å². The van der Waals surface area contributed by atoms with E-state index < -0.39 is 0 Å². The molecular weight excluding hydrogens is 341 g/mol. The summed E-state index contributed by atoms with van der Waals surface area (Å²) in [6, 6.07) is 10.8. The lowest BCUT2D eigenvalue weighted by atomic mass is 10.1. The van der Waals surface area contributed by atoms with E-state index in [4.69, 9.17) is 0 Å². The molecule has 0 saturated heterocycles. The molecule has 0 amide bonds. The average molecular weight is 363 g/mol. The van der Waals surface area contributed by atoms with Crippen molar-refractivity contribution in [1.29, 1.82) is 0 Å². The lowest BCUT2D eigenvalue weighted by Gasteiger charge is -2.30. The molecule has 0 radical (unpaired) electrons. The molecule has 27 heavy (non-hydrogen) atoms. The van der Waals surface area contributed by atoms with E-state index in [-0.39, 0.29) is 5.82 Å². The highest BCUT2D eigenvalue weighted by molar-refractivity contribution is 5.52. The number of halogens is 1. The Morgan fingerprint density at radius 2 is 1.93 bits per heavy atom. The molecular formula is C21H22FN5. The van der Waals surface area contributed by atoms with Crippen LogP contribution in [0.1, 0.15) is 22.4 Å². The first-order chi connectivity index (χ1) is 13.2. The number of rotatable bonds is 5. The Morgan fingerprint density at radius 3 is 2.70 bits per heavy atom. The lowest BCUT2D eigenvalue weighted by molar-refractivity contribution is 0.627. The van der Waals surface area contributed by atoms with E-state index in [9.17, 15) is 4.39 Å². The summed E-state index contributed by atoms with van der Waals surface area (Å²) in [4.78, 5) is 15.7. The molecule has 1 aliphatic heterocycles. The minimum absolute atomic E-state index is 0.207. The zero-order valence-corrected chi connectivity index (χ0v) is 15.3. The van der Waals surface area contributed by atoms with Crippen LogP contribution in [-0.4, -0.2) is 28.0 Å². The smallest absolute Gasteiger partial charge is 0.134 e. The predicted molar refractivity (Wildman–Crippen MR) is 104 cm³/mol. The molecule has 1 aromatic carbocycles. The van der Waals surface area contributed by atoms with E-state index >= 15 is 0 Å². The van der Waals surface area contributed by atoms with Crippen LogP contribution in [0, 0.1) is 12.7 Å². The largest absolute Gasteiger partial charge is 0.369 e. The van der Waals surface area contributed by atoms with Crippen molar-refractivity contribution in [2.45, 2.75) is 26.3 Å². The van der Waals surface area contributed by atoms with Gasteiger partial charge in [0.1, 0.15) is 23.8 Å². The molecule has 0 aliphatic carbocycles. The number of hydrogen-bond donors (Lipinski definition) is 1. The van der Waals surface area contributed by atoms with Crippen LogP contribution < -0.4 is 10.2 Å². The van der Waals surface area contributed by atoms with Crippen LogP contribution in [-0.2, 0) is 19.4 Å². The van der Waals surface area contributed by atoms with Gasteiger partial charge in [0.2, 0.25) is 0 Å². The normalized spacial score (nSPS) is 13.3. The molecule has 138 valence electrons. The van der Waals surface area contributed by atoms with Gasteiger partial charge < -0.3 is 10.2 Å². The molecule has 1 N–H and O–H groups in total. The Morgan fingerprint density at radius 1 is 1.07 bits per heavy atom. The second-order valence-corrected chi connectivity index (χ2v) is 6.82. The van der Waals surface area contributed by atoms with Crippen LogP contribution in [0.4, 0.5) is 16.0 Å². The van der Waals surface area contributed by atoms with Gasteiger partial charge in [0.05, 0.1) is 5.69 Å². The number of pyridine rings is 1. The van der Waals surface area contributed by atoms with Gasteiger partial charge in [-0.2, -0.15) is 0 Å². The van der Waals surface area contributed by atoms with Gasteiger partial charge in [0, 0.05) is 37.8 Å². The van der Waals surface area contributed by atoms with Crippen molar-refractivity contribution >= 4 is 11.6 Å². The first-order valence-corrected chi connectivity index (χ1v) is 9.18. The average Bonchev–Trinajstić information content (AvgIpc) is 2.70.